The number of anilines is 1. The molecule has 0 saturated carbocycles. The Hall–Kier alpha value is -1.28. The fourth-order valence-corrected chi connectivity index (χ4v) is 2.30. The molecule has 1 aromatic heterocycles. The van der Waals surface area contributed by atoms with Gasteiger partial charge in [-0.15, -0.1) is 11.6 Å². The van der Waals surface area contributed by atoms with Crippen molar-refractivity contribution in [3.05, 3.63) is 36.0 Å². The number of benzene rings is 1. The van der Waals surface area contributed by atoms with Crippen LogP contribution in [0, 0.1) is 6.92 Å². The van der Waals surface area contributed by atoms with E-state index in [0.717, 1.165) is 24.3 Å². The summed E-state index contributed by atoms with van der Waals surface area (Å²) >= 11 is 5.86. The molecule has 0 radical (unpaired) electrons. The molecular weight excluding hydrogens is 232 g/mol. The van der Waals surface area contributed by atoms with Gasteiger partial charge >= 0.3 is 0 Å². The highest BCUT2D eigenvalue weighted by atomic mass is 35.5. The number of halogens is 1. The zero-order chi connectivity index (χ0) is 12.3. The van der Waals surface area contributed by atoms with Crippen molar-refractivity contribution in [2.45, 2.75) is 13.8 Å². The number of fused-ring (bicyclic) bond motifs is 1. The molecule has 3 heteroatoms. The summed E-state index contributed by atoms with van der Waals surface area (Å²) in [4.78, 5) is 6.85. The summed E-state index contributed by atoms with van der Waals surface area (Å²) in [5.41, 5.74) is 3.33. The Kier molecular flexibility index (Phi) is 3.85. The molecule has 2 aromatic rings. The lowest BCUT2D eigenvalue weighted by molar-refractivity contribution is 0.872. The van der Waals surface area contributed by atoms with Crippen LogP contribution in [-0.2, 0) is 0 Å². The molecule has 0 spiro atoms. The maximum absolute atomic E-state index is 5.86. The predicted molar refractivity (Wildman–Crippen MR) is 75.1 cm³/mol. The van der Waals surface area contributed by atoms with Gasteiger partial charge in [0, 0.05) is 35.7 Å². The van der Waals surface area contributed by atoms with Crippen LogP contribution in [0.4, 0.5) is 5.69 Å². The van der Waals surface area contributed by atoms with E-state index in [1.54, 1.807) is 0 Å². The van der Waals surface area contributed by atoms with Gasteiger partial charge < -0.3 is 4.90 Å². The van der Waals surface area contributed by atoms with Crippen LogP contribution in [0.1, 0.15) is 12.6 Å². The number of hydrogen-bond acceptors (Lipinski definition) is 2. The van der Waals surface area contributed by atoms with Crippen molar-refractivity contribution in [3.8, 4) is 0 Å². The molecule has 2 rings (SSSR count). The van der Waals surface area contributed by atoms with E-state index < -0.39 is 0 Å². The number of pyridine rings is 1. The second kappa shape index (κ2) is 5.37. The molecule has 1 aromatic carbocycles. The van der Waals surface area contributed by atoms with Crippen molar-refractivity contribution in [2.75, 3.05) is 23.9 Å². The number of alkyl halides is 1. The molecule has 17 heavy (non-hydrogen) atoms. The van der Waals surface area contributed by atoms with Crippen LogP contribution in [0.2, 0.25) is 0 Å². The van der Waals surface area contributed by atoms with E-state index in [1.807, 2.05) is 13.0 Å². The van der Waals surface area contributed by atoms with Gasteiger partial charge in [-0.2, -0.15) is 0 Å². The largest absolute Gasteiger partial charge is 0.370 e. The van der Waals surface area contributed by atoms with Gasteiger partial charge in [0.2, 0.25) is 0 Å². The minimum Gasteiger partial charge on any atom is -0.370 e. The number of aromatic nitrogens is 1. The van der Waals surface area contributed by atoms with Gasteiger partial charge in [-0.25, -0.2) is 0 Å². The molecule has 0 aliphatic heterocycles. The lowest BCUT2D eigenvalue weighted by atomic mass is 10.1. The van der Waals surface area contributed by atoms with Crippen molar-refractivity contribution in [2.24, 2.45) is 0 Å². The number of aryl methyl sites for hydroxylation is 1. The first-order valence-corrected chi connectivity index (χ1v) is 6.47. The van der Waals surface area contributed by atoms with E-state index in [4.69, 9.17) is 11.6 Å². The van der Waals surface area contributed by atoms with Gasteiger partial charge in [-0.1, -0.05) is 18.2 Å². The Morgan fingerprint density at radius 2 is 2.06 bits per heavy atom. The van der Waals surface area contributed by atoms with Crippen molar-refractivity contribution in [1.82, 2.24) is 4.98 Å². The third-order valence-corrected chi connectivity index (χ3v) is 3.07. The predicted octanol–water partition coefficient (Wildman–Crippen LogP) is 3.61. The Balaban J connectivity index is 2.58. The number of para-hydroxylation sites is 1. The van der Waals surface area contributed by atoms with Crippen molar-refractivity contribution in [3.63, 3.8) is 0 Å². The standard InChI is InChI=1S/C14H17ClN2/c1-3-17(9-8-15)14-10-11(2)16-13-7-5-4-6-12(13)14/h4-7,10H,3,8-9H2,1-2H3. The smallest absolute Gasteiger partial charge is 0.0726 e. The Morgan fingerprint density at radius 3 is 2.76 bits per heavy atom. The minimum atomic E-state index is 0.642. The van der Waals surface area contributed by atoms with Crippen LogP contribution in [0.25, 0.3) is 10.9 Å². The van der Waals surface area contributed by atoms with Gasteiger partial charge in [0.15, 0.2) is 0 Å². The molecule has 2 nitrogen and oxygen atoms in total. The third-order valence-electron chi connectivity index (χ3n) is 2.90. The molecule has 0 amide bonds. The fraction of sp³-hybridized carbons (Fsp3) is 0.357. The lowest BCUT2D eigenvalue weighted by Gasteiger charge is -2.23. The topological polar surface area (TPSA) is 16.1 Å². The van der Waals surface area contributed by atoms with Crippen molar-refractivity contribution in [1.29, 1.82) is 0 Å². The van der Waals surface area contributed by atoms with Crippen LogP contribution in [0.15, 0.2) is 30.3 Å². The van der Waals surface area contributed by atoms with Gasteiger partial charge in [-0.3, -0.25) is 4.98 Å². The number of rotatable bonds is 4. The van der Waals surface area contributed by atoms with Gasteiger partial charge in [0.05, 0.1) is 5.52 Å². The molecule has 0 unspecified atom stereocenters. The average Bonchev–Trinajstić information content (AvgIpc) is 2.35. The van der Waals surface area contributed by atoms with Crippen LogP contribution in [0.3, 0.4) is 0 Å². The Labute approximate surface area is 107 Å². The second-order valence-electron chi connectivity index (χ2n) is 4.07. The van der Waals surface area contributed by atoms with Crippen LogP contribution < -0.4 is 4.90 Å². The first-order valence-electron chi connectivity index (χ1n) is 5.93. The maximum atomic E-state index is 5.86. The lowest BCUT2D eigenvalue weighted by Crippen LogP contribution is -2.25. The molecule has 0 saturated heterocycles. The molecule has 0 fully saturated rings. The highest BCUT2D eigenvalue weighted by molar-refractivity contribution is 6.18. The highest BCUT2D eigenvalue weighted by Crippen LogP contribution is 2.26. The van der Waals surface area contributed by atoms with Crippen LogP contribution >= 0.6 is 11.6 Å². The Morgan fingerprint density at radius 1 is 1.29 bits per heavy atom. The number of hydrogen-bond donors (Lipinski definition) is 0. The number of nitrogens with zero attached hydrogens (tertiary/aromatic N) is 2. The monoisotopic (exact) mass is 248 g/mol. The quantitative estimate of drug-likeness (QED) is 0.769. The van der Waals surface area contributed by atoms with E-state index in [0.29, 0.717) is 5.88 Å². The molecule has 0 atom stereocenters. The van der Waals surface area contributed by atoms with E-state index in [9.17, 15) is 0 Å². The molecule has 0 N–H and O–H groups in total. The summed E-state index contributed by atoms with van der Waals surface area (Å²) in [6.45, 7) is 6.01. The summed E-state index contributed by atoms with van der Waals surface area (Å²) in [5.74, 6) is 0.642. The van der Waals surface area contributed by atoms with Gasteiger partial charge in [0.25, 0.3) is 0 Å². The van der Waals surface area contributed by atoms with Crippen molar-refractivity contribution < 1.29 is 0 Å². The SMILES string of the molecule is CCN(CCCl)c1cc(C)nc2ccccc12. The van der Waals surface area contributed by atoms with Crippen molar-refractivity contribution >= 4 is 28.2 Å². The van der Waals surface area contributed by atoms with Crippen LogP contribution in [0.5, 0.6) is 0 Å². The van der Waals surface area contributed by atoms with Crippen LogP contribution in [-0.4, -0.2) is 24.0 Å². The highest BCUT2D eigenvalue weighted by Gasteiger charge is 2.09. The molecule has 1 heterocycles. The summed E-state index contributed by atoms with van der Waals surface area (Å²) in [6.07, 6.45) is 0. The third kappa shape index (κ3) is 2.52. The first kappa shape index (κ1) is 12.2. The van der Waals surface area contributed by atoms with Gasteiger partial charge in [-0.05, 0) is 26.0 Å². The first-order chi connectivity index (χ1) is 8.26. The van der Waals surface area contributed by atoms with E-state index in [-0.39, 0.29) is 0 Å². The summed E-state index contributed by atoms with van der Waals surface area (Å²) in [5, 5.41) is 1.20. The summed E-state index contributed by atoms with van der Waals surface area (Å²) < 4.78 is 0. The van der Waals surface area contributed by atoms with E-state index in [2.05, 4.69) is 41.1 Å². The fourth-order valence-electron chi connectivity index (χ4n) is 2.10. The summed E-state index contributed by atoms with van der Waals surface area (Å²) in [7, 11) is 0. The Bertz CT molecular complexity index is 511. The summed E-state index contributed by atoms with van der Waals surface area (Å²) in [6, 6.07) is 10.4. The molecule has 0 bridgehead atoms. The zero-order valence-corrected chi connectivity index (χ0v) is 11.0. The molecule has 90 valence electrons. The van der Waals surface area contributed by atoms with E-state index >= 15 is 0 Å². The second-order valence-corrected chi connectivity index (χ2v) is 4.45. The molecule has 0 aliphatic rings. The normalized spacial score (nSPS) is 10.8. The minimum absolute atomic E-state index is 0.642. The zero-order valence-electron chi connectivity index (χ0n) is 10.3. The maximum Gasteiger partial charge on any atom is 0.0726 e. The van der Waals surface area contributed by atoms with Gasteiger partial charge in [0.1, 0.15) is 0 Å². The average molecular weight is 249 g/mol. The molecular formula is C14H17ClN2. The molecule has 0 aliphatic carbocycles. The van der Waals surface area contributed by atoms with E-state index in [1.165, 1.54) is 11.1 Å².